The second kappa shape index (κ2) is 10.3. The zero-order chi connectivity index (χ0) is 20.5. The van der Waals surface area contributed by atoms with Crippen LogP contribution in [0.2, 0.25) is 0 Å². The Kier molecular flexibility index (Phi) is 7.87. The number of hydrogen-bond donors (Lipinski definition) is 0. The van der Waals surface area contributed by atoms with Crippen molar-refractivity contribution in [3.8, 4) is 11.5 Å². The molecule has 0 fully saturated rings. The maximum absolute atomic E-state index is 13.3. The summed E-state index contributed by atoms with van der Waals surface area (Å²) >= 11 is 0. The minimum Gasteiger partial charge on any atom is -0.497 e. The van der Waals surface area contributed by atoms with E-state index in [2.05, 4.69) is 0 Å². The molecule has 0 N–H and O–H groups in total. The number of esters is 1. The molecule has 0 saturated heterocycles. The Balaban J connectivity index is 2.34. The Hall–Kier alpha value is -3.02. The molecule has 0 aliphatic heterocycles. The molecule has 0 bridgehead atoms. The average molecular weight is 385 g/mol. The van der Waals surface area contributed by atoms with Gasteiger partial charge in [0.1, 0.15) is 11.5 Å². The molecule has 0 radical (unpaired) electrons. The van der Waals surface area contributed by atoms with E-state index in [0.29, 0.717) is 23.7 Å². The largest absolute Gasteiger partial charge is 0.497 e. The van der Waals surface area contributed by atoms with Crippen molar-refractivity contribution in [2.24, 2.45) is 0 Å². The Morgan fingerprint density at radius 2 is 1.61 bits per heavy atom. The number of methoxy groups -OCH3 is 2. The highest BCUT2D eigenvalue weighted by molar-refractivity contribution is 5.95. The molecule has 6 heteroatoms. The van der Waals surface area contributed by atoms with E-state index in [1.165, 1.54) is 14.2 Å². The van der Waals surface area contributed by atoms with E-state index in [9.17, 15) is 9.59 Å². The van der Waals surface area contributed by atoms with Gasteiger partial charge in [-0.1, -0.05) is 30.3 Å². The van der Waals surface area contributed by atoms with Gasteiger partial charge >= 0.3 is 5.97 Å². The van der Waals surface area contributed by atoms with E-state index in [-0.39, 0.29) is 30.9 Å². The molecule has 0 saturated carbocycles. The van der Waals surface area contributed by atoms with E-state index in [0.717, 1.165) is 5.56 Å². The van der Waals surface area contributed by atoms with Crippen molar-refractivity contribution in [2.75, 3.05) is 27.4 Å². The lowest BCUT2D eigenvalue weighted by molar-refractivity contribution is -0.143. The maximum atomic E-state index is 13.3. The summed E-state index contributed by atoms with van der Waals surface area (Å²) in [4.78, 5) is 26.9. The van der Waals surface area contributed by atoms with Crippen LogP contribution < -0.4 is 9.47 Å². The van der Waals surface area contributed by atoms with Gasteiger partial charge in [0.25, 0.3) is 5.91 Å². The predicted molar refractivity (Wildman–Crippen MR) is 107 cm³/mol. The highest BCUT2D eigenvalue weighted by atomic mass is 16.5. The van der Waals surface area contributed by atoms with Gasteiger partial charge in [0.2, 0.25) is 0 Å². The number of nitrogens with zero attached hydrogens (tertiary/aromatic N) is 1. The minimum absolute atomic E-state index is 0.123. The van der Waals surface area contributed by atoms with Crippen LogP contribution in [-0.4, -0.2) is 44.1 Å². The third kappa shape index (κ3) is 5.49. The van der Waals surface area contributed by atoms with Crippen LogP contribution in [0.5, 0.6) is 11.5 Å². The quantitative estimate of drug-likeness (QED) is 0.613. The summed E-state index contributed by atoms with van der Waals surface area (Å²) in [5, 5.41) is 0. The summed E-state index contributed by atoms with van der Waals surface area (Å²) in [5.41, 5.74) is 1.41. The van der Waals surface area contributed by atoms with Gasteiger partial charge in [0, 0.05) is 18.2 Å². The number of ether oxygens (including phenoxy) is 3. The highest BCUT2D eigenvalue weighted by Crippen LogP contribution is 2.27. The average Bonchev–Trinajstić information content (AvgIpc) is 2.73. The van der Waals surface area contributed by atoms with Gasteiger partial charge in [-0.15, -0.1) is 0 Å². The van der Waals surface area contributed by atoms with Gasteiger partial charge in [-0.25, -0.2) is 0 Å². The molecule has 0 spiro atoms. The van der Waals surface area contributed by atoms with E-state index < -0.39 is 0 Å². The summed E-state index contributed by atoms with van der Waals surface area (Å²) in [7, 11) is 3.07. The molecular formula is C22H27NO5. The summed E-state index contributed by atoms with van der Waals surface area (Å²) in [6, 6.07) is 14.5. The van der Waals surface area contributed by atoms with Crippen molar-refractivity contribution < 1.29 is 23.8 Å². The SMILES string of the molecule is CCOC(=O)CCN(C(=O)c1cc(OC)cc(OC)c1)C(C)c1ccccc1. The summed E-state index contributed by atoms with van der Waals surface area (Å²) in [6.45, 7) is 4.26. The van der Waals surface area contributed by atoms with E-state index in [1.807, 2.05) is 37.3 Å². The lowest BCUT2D eigenvalue weighted by Crippen LogP contribution is -2.35. The lowest BCUT2D eigenvalue weighted by Gasteiger charge is -2.30. The predicted octanol–water partition coefficient (Wildman–Crippen LogP) is 3.86. The topological polar surface area (TPSA) is 65.1 Å². The van der Waals surface area contributed by atoms with Gasteiger partial charge in [-0.3, -0.25) is 9.59 Å². The lowest BCUT2D eigenvalue weighted by atomic mass is 10.0. The highest BCUT2D eigenvalue weighted by Gasteiger charge is 2.24. The Labute approximate surface area is 166 Å². The van der Waals surface area contributed by atoms with Gasteiger partial charge in [0.05, 0.1) is 33.3 Å². The maximum Gasteiger partial charge on any atom is 0.307 e. The molecule has 0 aliphatic carbocycles. The molecule has 0 aliphatic rings. The third-order valence-corrected chi connectivity index (χ3v) is 4.47. The fourth-order valence-corrected chi connectivity index (χ4v) is 2.92. The molecule has 1 unspecified atom stereocenters. The molecule has 2 aromatic rings. The molecule has 2 aromatic carbocycles. The number of amides is 1. The summed E-state index contributed by atoms with van der Waals surface area (Å²) < 4.78 is 15.6. The van der Waals surface area contributed by atoms with Crippen molar-refractivity contribution in [1.82, 2.24) is 4.90 Å². The molecule has 6 nitrogen and oxygen atoms in total. The molecule has 1 atom stereocenters. The smallest absolute Gasteiger partial charge is 0.307 e. The number of hydrogen-bond acceptors (Lipinski definition) is 5. The van der Waals surface area contributed by atoms with Gasteiger partial charge in [-0.2, -0.15) is 0 Å². The first-order valence-corrected chi connectivity index (χ1v) is 9.24. The first-order chi connectivity index (χ1) is 13.5. The van der Waals surface area contributed by atoms with Crippen molar-refractivity contribution in [3.05, 3.63) is 59.7 Å². The van der Waals surface area contributed by atoms with Crippen molar-refractivity contribution in [1.29, 1.82) is 0 Å². The van der Waals surface area contributed by atoms with Gasteiger partial charge in [0.15, 0.2) is 0 Å². The molecular weight excluding hydrogens is 358 g/mol. The first kappa shape index (κ1) is 21.3. The van der Waals surface area contributed by atoms with Crippen LogP contribution in [0.3, 0.4) is 0 Å². The van der Waals surface area contributed by atoms with Crippen molar-refractivity contribution in [3.63, 3.8) is 0 Å². The van der Waals surface area contributed by atoms with E-state index in [4.69, 9.17) is 14.2 Å². The number of rotatable bonds is 9. The van der Waals surface area contributed by atoms with Crippen LogP contribution in [-0.2, 0) is 9.53 Å². The van der Waals surface area contributed by atoms with Crippen LogP contribution in [0.15, 0.2) is 48.5 Å². The molecule has 2 rings (SSSR count). The normalized spacial score (nSPS) is 11.4. The van der Waals surface area contributed by atoms with Crippen LogP contribution in [0.25, 0.3) is 0 Å². The summed E-state index contributed by atoms with van der Waals surface area (Å²) in [5.74, 6) is 0.516. The van der Waals surface area contributed by atoms with Gasteiger partial charge < -0.3 is 19.1 Å². The third-order valence-electron chi connectivity index (χ3n) is 4.47. The molecule has 0 aromatic heterocycles. The van der Waals surface area contributed by atoms with E-state index in [1.54, 1.807) is 30.0 Å². The molecule has 28 heavy (non-hydrogen) atoms. The number of carbonyl (C=O) groups excluding carboxylic acids is 2. The number of benzene rings is 2. The van der Waals surface area contributed by atoms with Crippen LogP contribution >= 0.6 is 0 Å². The zero-order valence-corrected chi connectivity index (χ0v) is 16.8. The second-order valence-corrected chi connectivity index (χ2v) is 6.24. The minimum atomic E-state index is -0.330. The first-order valence-electron chi connectivity index (χ1n) is 9.24. The van der Waals surface area contributed by atoms with Crippen LogP contribution in [0, 0.1) is 0 Å². The second-order valence-electron chi connectivity index (χ2n) is 6.24. The molecule has 150 valence electrons. The Bertz CT molecular complexity index is 769. The zero-order valence-electron chi connectivity index (χ0n) is 16.8. The number of carbonyl (C=O) groups is 2. The monoisotopic (exact) mass is 385 g/mol. The van der Waals surface area contributed by atoms with Crippen LogP contribution in [0.1, 0.15) is 42.2 Å². The summed E-state index contributed by atoms with van der Waals surface area (Å²) in [6.07, 6.45) is 0.123. The van der Waals surface area contributed by atoms with Gasteiger partial charge in [-0.05, 0) is 31.5 Å². The van der Waals surface area contributed by atoms with Crippen LogP contribution in [0.4, 0.5) is 0 Å². The Morgan fingerprint density at radius 3 is 2.14 bits per heavy atom. The fraction of sp³-hybridized carbons (Fsp3) is 0.364. The fourth-order valence-electron chi connectivity index (χ4n) is 2.92. The standard InChI is InChI=1S/C22H27NO5/c1-5-28-21(24)11-12-23(16(2)17-9-7-6-8-10-17)22(25)18-13-19(26-3)15-20(14-18)27-4/h6-10,13-16H,5,11-12H2,1-4H3. The Morgan fingerprint density at radius 1 is 1.00 bits per heavy atom. The molecule has 1 amide bonds. The van der Waals surface area contributed by atoms with Crippen molar-refractivity contribution >= 4 is 11.9 Å². The van der Waals surface area contributed by atoms with E-state index >= 15 is 0 Å². The van der Waals surface area contributed by atoms with Crippen molar-refractivity contribution in [2.45, 2.75) is 26.3 Å². The molecule has 0 heterocycles.